The molecule has 19 heavy (non-hydrogen) atoms. The van der Waals surface area contributed by atoms with Crippen LogP contribution in [0.3, 0.4) is 0 Å². The standard InChI is InChI=1S/C13H19N3O3/c1-18-9-13(5-6-14-8-13)12(17)16-10-3-4-11(19-2)15-7-10/h3-4,7,14H,5-6,8-9H2,1-2H3,(H,16,17). The van der Waals surface area contributed by atoms with Crippen molar-refractivity contribution in [3.63, 3.8) is 0 Å². The van der Waals surface area contributed by atoms with Crippen LogP contribution in [0.5, 0.6) is 5.88 Å². The second kappa shape index (κ2) is 5.99. The van der Waals surface area contributed by atoms with Crippen molar-refractivity contribution in [3.05, 3.63) is 18.3 Å². The molecule has 6 nitrogen and oxygen atoms in total. The number of hydrogen-bond donors (Lipinski definition) is 2. The molecule has 1 unspecified atom stereocenters. The summed E-state index contributed by atoms with van der Waals surface area (Å²) >= 11 is 0. The number of hydrogen-bond acceptors (Lipinski definition) is 5. The molecule has 0 spiro atoms. The molecule has 0 radical (unpaired) electrons. The van der Waals surface area contributed by atoms with E-state index in [4.69, 9.17) is 9.47 Å². The minimum absolute atomic E-state index is 0.0358. The van der Waals surface area contributed by atoms with Crippen LogP contribution >= 0.6 is 0 Å². The average molecular weight is 265 g/mol. The molecule has 1 saturated heterocycles. The van der Waals surface area contributed by atoms with E-state index >= 15 is 0 Å². The van der Waals surface area contributed by atoms with Gasteiger partial charge in [0.2, 0.25) is 11.8 Å². The molecule has 0 saturated carbocycles. The predicted molar refractivity (Wildman–Crippen MR) is 71.2 cm³/mol. The monoisotopic (exact) mass is 265 g/mol. The van der Waals surface area contributed by atoms with Crippen molar-refractivity contribution in [2.24, 2.45) is 5.41 Å². The predicted octanol–water partition coefficient (Wildman–Crippen LogP) is 0.655. The van der Waals surface area contributed by atoms with Crippen LogP contribution in [0.1, 0.15) is 6.42 Å². The van der Waals surface area contributed by atoms with Crippen LogP contribution < -0.4 is 15.4 Å². The highest BCUT2D eigenvalue weighted by Crippen LogP contribution is 2.27. The minimum Gasteiger partial charge on any atom is -0.481 e. The molecule has 6 heteroatoms. The smallest absolute Gasteiger partial charge is 0.234 e. The summed E-state index contributed by atoms with van der Waals surface area (Å²) in [7, 11) is 3.17. The van der Waals surface area contributed by atoms with Crippen LogP contribution in [0.2, 0.25) is 0 Å². The van der Waals surface area contributed by atoms with E-state index in [9.17, 15) is 4.79 Å². The number of carbonyl (C=O) groups is 1. The maximum atomic E-state index is 12.4. The van der Waals surface area contributed by atoms with Crippen LogP contribution in [-0.2, 0) is 9.53 Å². The first-order valence-electron chi connectivity index (χ1n) is 6.21. The van der Waals surface area contributed by atoms with E-state index in [1.807, 2.05) is 0 Å². The van der Waals surface area contributed by atoms with Gasteiger partial charge in [0.15, 0.2) is 0 Å². The molecule has 2 rings (SSSR count). The molecule has 1 fully saturated rings. The Morgan fingerprint density at radius 3 is 2.89 bits per heavy atom. The van der Waals surface area contributed by atoms with Crippen molar-refractivity contribution in [1.82, 2.24) is 10.3 Å². The van der Waals surface area contributed by atoms with Gasteiger partial charge in [-0.1, -0.05) is 0 Å². The van der Waals surface area contributed by atoms with Crippen LogP contribution in [-0.4, -0.2) is 44.8 Å². The fourth-order valence-corrected chi connectivity index (χ4v) is 2.24. The summed E-state index contributed by atoms with van der Waals surface area (Å²) in [5.41, 5.74) is 0.169. The number of ether oxygens (including phenoxy) is 2. The SMILES string of the molecule is COCC1(C(=O)Nc2ccc(OC)nc2)CCNC1. The molecule has 0 aliphatic carbocycles. The van der Waals surface area contributed by atoms with Gasteiger partial charge >= 0.3 is 0 Å². The van der Waals surface area contributed by atoms with Crippen molar-refractivity contribution in [3.8, 4) is 5.88 Å². The second-order valence-electron chi connectivity index (χ2n) is 4.68. The molecule has 2 N–H and O–H groups in total. The van der Waals surface area contributed by atoms with Crippen molar-refractivity contribution in [2.45, 2.75) is 6.42 Å². The first-order chi connectivity index (χ1) is 9.20. The van der Waals surface area contributed by atoms with Gasteiger partial charge in [-0.2, -0.15) is 0 Å². The van der Waals surface area contributed by atoms with E-state index in [2.05, 4.69) is 15.6 Å². The Labute approximate surface area is 112 Å². The number of anilines is 1. The van der Waals surface area contributed by atoms with E-state index in [0.29, 0.717) is 24.7 Å². The van der Waals surface area contributed by atoms with Crippen molar-refractivity contribution in [2.75, 3.05) is 39.2 Å². The van der Waals surface area contributed by atoms with Gasteiger partial charge in [-0.05, 0) is 19.0 Å². The number of methoxy groups -OCH3 is 2. The van der Waals surface area contributed by atoms with Gasteiger partial charge in [-0.25, -0.2) is 4.98 Å². The summed E-state index contributed by atoms with van der Waals surface area (Å²) < 4.78 is 10.2. The van der Waals surface area contributed by atoms with E-state index in [1.165, 1.54) is 0 Å². The molecule has 1 aromatic heterocycles. The van der Waals surface area contributed by atoms with Gasteiger partial charge < -0.3 is 20.1 Å². The molecular weight excluding hydrogens is 246 g/mol. The van der Waals surface area contributed by atoms with Crippen molar-refractivity contribution >= 4 is 11.6 Å². The Kier molecular flexibility index (Phi) is 4.34. The molecule has 1 aliphatic rings. The minimum atomic E-state index is -0.491. The third-order valence-electron chi connectivity index (χ3n) is 3.35. The number of pyridine rings is 1. The molecule has 1 atom stereocenters. The van der Waals surface area contributed by atoms with Gasteiger partial charge in [0.25, 0.3) is 0 Å². The quantitative estimate of drug-likeness (QED) is 0.818. The zero-order valence-electron chi connectivity index (χ0n) is 11.2. The summed E-state index contributed by atoms with van der Waals surface area (Å²) in [6.45, 7) is 1.88. The van der Waals surface area contributed by atoms with Gasteiger partial charge in [0, 0.05) is 19.7 Å². The number of nitrogens with one attached hydrogen (secondary N) is 2. The van der Waals surface area contributed by atoms with Gasteiger partial charge in [0.1, 0.15) is 0 Å². The van der Waals surface area contributed by atoms with Crippen molar-refractivity contribution < 1.29 is 14.3 Å². The van der Waals surface area contributed by atoms with Gasteiger partial charge in [-0.3, -0.25) is 4.79 Å². The lowest BCUT2D eigenvalue weighted by molar-refractivity contribution is -0.127. The highest BCUT2D eigenvalue weighted by Gasteiger charge is 2.41. The fraction of sp³-hybridized carbons (Fsp3) is 0.538. The molecular formula is C13H19N3O3. The zero-order valence-corrected chi connectivity index (χ0v) is 11.2. The average Bonchev–Trinajstić information content (AvgIpc) is 2.90. The maximum absolute atomic E-state index is 12.4. The number of amides is 1. The third-order valence-corrected chi connectivity index (χ3v) is 3.35. The Bertz CT molecular complexity index is 427. The van der Waals surface area contributed by atoms with E-state index in [0.717, 1.165) is 13.0 Å². The zero-order chi connectivity index (χ0) is 13.7. The molecule has 0 bridgehead atoms. The second-order valence-corrected chi connectivity index (χ2v) is 4.68. The Balaban J connectivity index is 2.05. The van der Waals surface area contributed by atoms with Crippen LogP contribution in [0.4, 0.5) is 5.69 Å². The molecule has 1 aromatic rings. The first kappa shape index (κ1) is 13.8. The lowest BCUT2D eigenvalue weighted by atomic mass is 9.87. The molecule has 0 aromatic carbocycles. The Morgan fingerprint density at radius 2 is 2.37 bits per heavy atom. The Morgan fingerprint density at radius 1 is 1.53 bits per heavy atom. The molecule has 104 valence electrons. The van der Waals surface area contributed by atoms with E-state index in [1.54, 1.807) is 32.5 Å². The summed E-state index contributed by atoms with van der Waals surface area (Å²) in [5.74, 6) is 0.485. The lowest BCUT2D eigenvalue weighted by Gasteiger charge is -2.25. The maximum Gasteiger partial charge on any atom is 0.234 e. The Hall–Kier alpha value is -1.66. The van der Waals surface area contributed by atoms with Crippen molar-refractivity contribution in [1.29, 1.82) is 0 Å². The first-order valence-corrected chi connectivity index (χ1v) is 6.21. The third kappa shape index (κ3) is 3.02. The molecule has 1 amide bonds. The van der Waals surface area contributed by atoms with Gasteiger partial charge in [0.05, 0.1) is 31.0 Å². The number of nitrogens with zero attached hydrogens (tertiary/aromatic N) is 1. The van der Waals surface area contributed by atoms with Crippen LogP contribution in [0.15, 0.2) is 18.3 Å². The van der Waals surface area contributed by atoms with Crippen LogP contribution in [0.25, 0.3) is 0 Å². The van der Waals surface area contributed by atoms with Crippen LogP contribution in [0, 0.1) is 5.41 Å². The number of carbonyl (C=O) groups excluding carboxylic acids is 1. The highest BCUT2D eigenvalue weighted by atomic mass is 16.5. The van der Waals surface area contributed by atoms with E-state index in [-0.39, 0.29) is 5.91 Å². The molecule has 1 aliphatic heterocycles. The molecule has 2 heterocycles. The summed E-state index contributed by atoms with van der Waals surface area (Å²) in [6, 6.07) is 3.48. The lowest BCUT2D eigenvalue weighted by Crippen LogP contribution is -2.41. The van der Waals surface area contributed by atoms with Gasteiger partial charge in [-0.15, -0.1) is 0 Å². The largest absolute Gasteiger partial charge is 0.481 e. The topological polar surface area (TPSA) is 72.5 Å². The highest BCUT2D eigenvalue weighted by molar-refractivity contribution is 5.95. The summed E-state index contributed by atoms with van der Waals surface area (Å²) in [6.07, 6.45) is 2.36. The number of rotatable bonds is 5. The fourth-order valence-electron chi connectivity index (χ4n) is 2.24. The summed E-state index contributed by atoms with van der Waals surface area (Å²) in [4.78, 5) is 16.5. The summed E-state index contributed by atoms with van der Waals surface area (Å²) in [5, 5.41) is 6.09. The number of aromatic nitrogens is 1. The van der Waals surface area contributed by atoms with E-state index < -0.39 is 5.41 Å². The normalized spacial score (nSPS) is 22.2.